The predicted molar refractivity (Wildman–Crippen MR) is 94.6 cm³/mol. The summed E-state index contributed by atoms with van der Waals surface area (Å²) in [7, 11) is 0. The molecule has 25 heavy (non-hydrogen) atoms. The summed E-state index contributed by atoms with van der Waals surface area (Å²) in [6, 6.07) is 9.59. The number of carbonyl (C=O) groups excluding carboxylic acids is 1. The van der Waals surface area contributed by atoms with Crippen LogP contribution < -0.4 is 0 Å². The maximum atomic E-state index is 12.6. The molecule has 128 valence electrons. The van der Waals surface area contributed by atoms with Gasteiger partial charge in [0.15, 0.2) is 5.69 Å². The first-order chi connectivity index (χ1) is 12.2. The first kappa shape index (κ1) is 16.8. The molecule has 0 atom stereocenters. The van der Waals surface area contributed by atoms with Crippen molar-refractivity contribution in [1.29, 1.82) is 0 Å². The molecular weight excluding hydrogens is 318 g/mol. The van der Waals surface area contributed by atoms with E-state index in [4.69, 9.17) is 5.11 Å². The van der Waals surface area contributed by atoms with E-state index in [0.29, 0.717) is 12.2 Å². The van der Waals surface area contributed by atoms with Crippen molar-refractivity contribution in [3.8, 4) is 5.69 Å². The van der Waals surface area contributed by atoms with Gasteiger partial charge in [-0.25, -0.2) is 4.68 Å². The molecule has 2 aromatic heterocycles. The SMILES string of the molecule is C=CCN(CCO)C(=O)c1nnn(-c2ccc3ncccc3c2)c1C. The first-order valence-corrected chi connectivity index (χ1v) is 7.94. The number of aliphatic hydroxyl groups excluding tert-OH is 1. The second-order valence-electron chi connectivity index (χ2n) is 5.58. The Morgan fingerprint density at radius 1 is 1.40 bits per heavy atom. The fourth-order valence-electron chi connectivity index (χ4n) is 2.67. The van der Waals surface area contributed by atoms with Crippen LogP contribution in [-0.4, -0.2) is 55.6 Å². The summed E-state index contributed by atoms with van der Waals surface area (Å²) in [6.07, 6.45) is 3.36. The van der Waals surface area contributed by atoms with Gasteiger partial charge in [0.2, 0.25) is 0 Å². The summed E-state index contributed by atoms with van der Waals surface area (Å²) in [5, 5.41) is 18.3. The highest BCUT2D eigenvalue weighted by Crippen LogP contribution is 2.18. The summed E-state index contributed by atoms with van der Waals surface area (Å²) < 4.78 is 1.63. The minimum absolute atomic E-state index is 0.121. The lowest BCUT2D eigenvalue weighted by Gasteiger charge is -2.18. The van der Waals surface area contributed by atoms with Gasteiger partial charge in [-0.05, 0) is 31.2 Å². The molecule has 0 saturated carbocycles. The molecule has 0 unspecified atom stereocenters. The van der Waals surface area contributed by atoms with Crippen LogP contribution in [0.15, 0.2) is 49.2 Å². The van der Waals surface area contributed by atoms with Crippen molar-refractivity contribution in [3.05, 3.63) is 60.6 Å². The number of benzene rings is 1. The fraction of sp³-hybridized carbons (Fsp3) is 0.222. The third-order valence-corrected chi connectivity index (χ3v) is 3.93. The Morgan fingerprint density at radius 3 is 3.00 bits per heavy atom. The minimum atomic E-state index is -0.278. The van der Waals surface area contributed by atoms with Crippen LogP contribution in [0.1, 0.15) is 16.2 Å². The van der Waals surface area contributed by atoms with Gasteiger partial charge in [-0.2, -0.15) is 0 Å². The molecule has 3 rings (SSSR count). The van der Waals surface area contributed by atoms with Crippen molar-refractivity contribution < 1.29 is 9.90 Å². The van der Waals surface area contributed by atoms with Crippen LogP contribution >= 0.6 is 0 Å². The highest BCUT2D eigenvalue weighted by molar-refractivity contribution is 5.93. The average molecular weight is 337 g/mol. The lowest BCUT2D eigenvalue weighted by Crippen LogP contribution is -2.34. The molecule has 0 aliphatic heterocycles. The number of fused-ring (bicyclic) bond motifs is 1. The van der Waals surface area contributed by atoms with Gasteiger partial charge >= 0.3 is 0 Å². The highest BCUT2D eigenvalue weighted by Gasteiger charge is 2.22. The predicted octanol–water partition coefficient (Wildman–Crippen LogP) is 1.74. The summed E-state index contributed by atoms with van der Waals surface area (Å²) in [5.41, 5.74) is 2.60. The van der Waals surface area contributed by atoms with Crippen molar-refractivity contribution in [2.45, 2.75) is 6.92 Å². The molecule has 1 amide bonds. The normalized spacial score (nSPS) is 10.8. The van der Waals surface area contributed by atoms with E-state index in [1.54, 1.807) is 23.9 Å². The largest absolute Gasteiger partial charge is 0.395 e. The average Bonchev–Trinajstić information content (AvgIpc) is 3.02. The van der Waals surface area contributed by atoms with Gasteiger partial charge < -0.3 is 10.0 Å². The molecular formula is C18H19N5O2. The Hall–Kier alpha value is -3.06. The molecule has 1 aromatic carbocycles. The summed E-state index contributed by atoms with van der Waals surface area (Å²) >= 11 is 0. The van der Waals surface area contributed by atoms with Gasteiger partial charge in [0, 0.05) is 24.7 Å². The fourth-order valence-corrected chi connectivity index (χ4v) is 2.67. The zero-order chi connectivity index (χ0) is 17.8. The van der Waals surface area contributed by atoms with Crippen LogP contribution in [0.2, 0.25) is 0 Å². The number of aliphatic hydroxyl groups is 1. The minimum Gasteiger partial charge on any atom is -0.395 e. The van der Waals surface area contributed by atoms with Gasteiger partial charge in [-0.15, -0.1) is 11.7 Å². The lowest BCUT2D eigenvalue weighted by atomic mass is 10.2. The van der Waals surface area contributed by atoms with Gasteiger partial charge in [0.1, 0.15) is 0 Å². The summed E-state index contributed by atoms with van der Waals surface area (Å²) in [5.74, 6) is -0.278. The van der Waals surface area contributed by atoms with E-state index in [9.17, 15) is 4.79 Å². The van der Waals surface area contributed by atoms with Crippen molar-refractivity contribution in [2.75, 3.05) is 19.7 Å². The van der Waals surface area contributed by atoms with Crippen molar-refractivity contribution in [1.82, 2.24) is 24.9 Å². The van der Waals surface area contributed by atoms with Crippen molar-refractivity contribution in [2.24, 2.45) is 0 Å². The third-order valence-electron chi connectivity index (χ3n) is 3.93. The molecule has 0 saturated heterocycles. The van der Waals surface area contributed by atoms with Crippen molar-refractivity contribution in [3.63, 3.8) is 0 Å². The monoisotopic (exact) mass is 337 g/mol. The third kappa shape index (κ3) is 3.27. The number of nitrogens with zero attached hydrogens (tertiary/aromatic N) is 5. The second kappa shape index (κ2) is 7.23. The highest BCUT2D eigenvalue weighted by atomic mass is 16.3. The number of carbonyl (C=O) groups is 1. The van der Waals surface area contributed by atoms with E-state index in [1.807, 2.05) is 30.3 Å². The van der Waals surface area contributed by atoms with E-state index in [-0.39, 0.29) is 24.8 Å². The smallest absolute Gasteiger partial charge is 0.276 e. The Balaban J connectivity index is 1.96. The molecule has 7 heteroatoms. The molecule has 1 N–H and O–H groups in total. The van der Waals surface area contributed by atoms with Crippen LogP contribution in [-0.2, 0) is 0 Å². The number of pyridine rings is 1. The molecule has 0 spiro atoms. The number of aromatic nitrogens is 4. The molecule has 0 bridgehead atoms. The van der Waals surface area contributed by atoms with Crippen LogP contribution in [0.25, 0.3) is 16.6 Å². The molecule has 0 fully saturated rings. The second-order valence-corrected chi connectivity index (χ2v) is 5.58. The first-order valence-electron chi connectivity index (χ1n) is 7.94. The van der Waals surface area contributed by atoms with Gasteiger partial charge in [-0.1, -0.05) is 17.4 Å². The van der Waals surface area contributed by atoms with Gasteiger partial charge in [0.05, 0.1) is 23.5 Å². The van der Waals surface area contributed by atoms with Crippen LogP contribution in [0.4, 0.5) is 0 Å². The Morgan fingerprint density at radius 2 is 2.24 bits per heavy atom. The maximum absolute atomic E-state index is 12.6. The standard InChI is InChI=1S/C18H19N5O2/c1-3-9-22(10-11-24)18(25)17-13(2)23(21-20-17)15-6-7-16-14(12-15)5-4-8-19-16/h3-8,12,24H,1,9-11H2,2H3. The summed E-state index contributed by atoms with van der Waals surface area (Å²) in [6.45, 7) is 5.88. The topological polar surface area (TPSA) is 84.1 Å². The van der Waals surface area contributed by atoms with Crippen LogP contribution in [0, 0.1) is 6.92 Å². The van der Waals surface area contributed by atoms with Gasteiger partial charge in [0.25, 0.3) is 5.91 Å². The molecule has 0 radical (unpaired) electrons. The van der Waals surface area contributed by atoms with Gasteiger partial charge in [-0.3, -0.25) is 9.78 Å². The Kier molecular flexibility index (Phi) is 4.85. The Bertz CT molecular complexity index is 919. The lowest BCUT2D eigenvalue weighted by molar-refractivity contribution is 0.0736. The van der Waals surface area contributed by atoms with E-state index >= 15 is 0 Å². The van der Waals surface area contributed by atoms with E-state index in [0.717, 1.165) is 16.6 Å². The summed E-state index contributed by atoms with van der Waals surface area (Å²) in [4.78, 5) is 18.4. The van der Waals surface area contributed by atoms with E-state index in [2.05, 4.69) is 21.9 Å². The number of rotatable bonds is 6. The molecule has 0 aliphatic carbocycles. The number of hydrogen-bond donors (Lipinski definition) is 1. The van der Waals surface area contributed by atoms with Crippen LogP contribution in [0.5, 0.6) is 0 Å². The molecule has 3 aromatic rings. The zero-order valence-electron chi connectivity index (χ0n) is 14.0. The molecule has 2 heterocycles. The quantitative estimate of drug-likeness (QED) is 0.693. The van der Waals surface area contributed by atoms with E-state index < -0.39 is 0 Å². The molecule has 0 aliphatic rings. The molecule has 7 nitrogen and oxygen atoms in total. The number of amides is 1. The maximum Gasteiger partial charge on any atom is 0.276 e. The van der Waals surface area contributed by atoms with E-state index in [1.165, 1.54) is 4.90 Å². The zero-order valence-corrected chi connectivity index (χ0v) is 14.0. The Labute approximate surface area is 145 Å². The van der Waals surface area contributed by atoms with Crippen molar-refractivity contribution >= 4 is 16.8 Å². The number of hydrogen-bond acceptors (Lipinski definition) is 5. The van der Waals surface area contributed by atoms with Crippen LogP contribution in [0.3, 0.4) is 0 Å².